The smallest absolute Gasteiger partial charge is 0.261 e. The summed E-state index contributed by atoms with van der Waals surface area (Å²) in [6.07, 6.45) is 0. The van der Waals surface area contributed by atoms with Crippen LogP contribution in [0, 0.1) is 0 Å². The molecule has 9 heteroatoms. The van der Waals surface area contributed by atoms with Crippen molar-refractivity contribution in [2.75, 3.05) is 11.5 Å². The number of benzene rings is 2. The highest BCUT2D eigenvalue weighted by Gasteiger charge is 2.11. The van der Waals surface area contributed by atoms with Crippen LogP contribution >= 0.6 is 11.8 Å². The molecule has 4 aromatic rings. The molecule has 2 heterocycles. The molecule has 26 heavy (non-hydrogen) atoms. The average Bonchev–Trinajstić information content (AvgIpc) is 2.61. The van der Waals surface area contributed by atoms with Crippen molar-refractivity contribution in [2.45, 2.75) is 10.9 Å². The lowest BCUT2D eigenvalue weighted by Crippen LogP contribution is -2.20. The molecule has 0 bridgehead atoms. The Hall–Kier alpha value is -3.20. The molecule has 0 fully saturated rings. The molecule has 0 atom stereocenters. The minimum atomic E-state index is -0.0991. The van der Waals surface area contributed by atoms with Crippen molar-refractivity contribution >= 4 is 45.3 Å². The fraction of sp³-hybridized carbons (Fsp3) is 0.118. The molecule has 0 amide bonds. The first-order valence-corrected chi connectivity index (χ1v) is 8.78. The molecule has 8 nitrogen and oxygen atoms in total. The minimum Gasteiger partial charge on any atom is -0.368 e. The van der Waals surface area contributed by atoms with E-state index in [0.29, 0.717) is 27.6 Å². The Morgan fingerprint density at radius 2 is 1.65 bits per heavy atom. The van der Waals surface area contributed by atoms with Crippen LogP contribution in [0.1, 0.15) is 5.82 Å². The van der Waals surface area contributed by atoms with Crippen LogP contribution in [-0.2, 0) is 12.8 Å². The number of fused-ring (bicyclic) bond motifs is 2. The van der Waals surface area contributed by atoms with Gasteiger partial charge in [0.15, 0.2) is 5.16 Å². The summed E-state index contributed by atoms with van der Waals surface area (Å²) in [6, 6.07) is 11.7. The van der Waals surface area contributed by atoms with Crippen molar-refractivity contribution in [3.63, 3.8) is 0 Å². The van der Waals surface area contributed by atoms with E-state index >= 15 is 0 Å². The van der Waals surface area contributed by atoms with Crippen molar-refractivity contribution in [2.24, 2.45) is 7.05 Å². The van der Waals surface area contributed by atoms with Crippen molar-refractivity contribution < 1.29 is 0 Å². The van der Waals surface area contributed by atoms with Crippen molar-refractivity contribution in [3.05, 3.63) is 52.6 Å². The first-order chi connectivity index (χ1) is 12.5. The van der Waals surface area contributed by atoms with E-state index in [2.05, 4.69) is 19.9 Å². The molecule has 2 aromatic carbocycles. The molecule has 0 saturated carbocycles. The Morgan fingerprint density at radius 1 is 1.00 bits per heavy atom. The normalized spacial score (nSPS) is 11.3. The number of nitrogens with two attached hydrogens (primary N) is 2. The highest BCUT2D eigenvalue weighted by atomic mass is 32.2. The number of rotatable bonds is 3. The van der Waals surface area contributed by atoms with Crippen molar-refractivity contribution in [1.29, 1.82) is 0 Å². The molecule has 0 unspecified atom stereocenters. The fourth-order valence-corrected chi connectivity index (χ4v) is 3.54. The predicted molar refractivity (Wildman–Crippen MR) is 103 cm³/mol. The zero-order valence-corrected chi connectivity index (χ0v) is 14.7. The Bertz CT molecular complexity index is 1180. The van der Waals surface area contributed by atoms with Crippen LogP contribution < -0.4 is 17.0 Å². The second-order valence-electron chi connectivity index (χ2n) is 5.73. The largest absolute Gasteiger partial charge is 0.368 e. The maximum Gasteiger partial charge on any atom is 0.261 e. The first kappa shape index (κ1) is 16.3. The van der Waals surface area contributed by atoms with E-state index in [0.717, 1.165) is 10.8 Å². The minimum absolute atomic E-state index is 0.0694. The van der Waals surface area contributed by atoms with E-state index in [9.17, 15) is 4.79 Å². The van der Waals surface area contributed by atoms with Gasteiger partial charge in [0.1, 0.15) is 5.82 Å². The Morgan fingerprint density at radius 3 is 2.35 bits per heavy atom. The zero-order valence-electron chi connectivity index (χ0n) is 13.9. The number of aromatic nitrogens is 5. The SMILES string of the molecule is Cn1c(SCc2nc(N)nc(N)n2)nc2cc3ccccc3cc2c1=O. The second-order valence-corrected chi connectivity index (χ2v) is 6.67. The van der Waals surface area contributed by atoms with Gasteiger partial charge in [-0.3, -0.25) is 9.36 Å². The van der Waals surface area contributed by atoms with E-state index in [1.807, 2.05) is 36.4 Å². The van der Waals surface area contributed by atoms with Gasteiger partial charge >= 0.3 is 0 Å². The summed E-state index contributed by atoms with van der Waals surface area (Å²) in [6.45, 7) is 0. The van der Waals surface area contributed by atoms with Gasteiger partial charge in [-0.25, -0.2) is 4.98 Å². The molecule has 0 saturated heterocycles. The van der Waals surface area contributed by atoms with Crippen LogP contribution in [0.15, 0.2) is 46.3 Å². The van der Waals surface area contributed by atoms with Gasteiger partial charge in [-0.1, -0.05) is 36.0 Å². The average molecular weight is 365 g/mol. The number of anilines is 2. The quantitative estimate of drug-likeness (QED) is 0.319. The summed E-state index contributed by atoms with van der Waals surface area (Å²) in [5.74, 6) is 0.948. The summed E-state index contributed by atoms with van der Waals surface area (Å²) in [5.41, 5.74) is 11.7. The van der Waals surface area contributed by atoms with Crippen LogP contribution in [0.2, 0.25) is 0 Å². The van der Waals surface area contributed by atoms with E-state index in [4.69, 9.17) is 11.5 Å². The maximum atomic E-state index is 12.7. The molecular weight excluding hydrogens is 350 g/mol. The van der Waals surface area contributed by atoms with Crippen LogP contribution in [0.25, 0.3) is 21.7 Å². The van der Waals surface area contributed by atoms with E-state index in [-0.39, 0.29) is 17.5 Å². The highest BCUT2D eigenvalue weighted by molar-refractivity contribution is 7.98. The maximum absolute atomic E-state index is 12.7. The molecule has 0 aliphatic rings. The Labute approximate surface area is 152 Å². The molecule has 130 valence electrons. The molecule has 0 aliphatic carbocycles. The lowest BCUT2D eigenvalue weighted by Gasteiger charge is -2.09. The Balaban J connectivity index is 1.76. The van der Waals surface area contributed by atoms with E-state index in [1.54, 1.807) is 7.05 Å². The predicted octanol–water partition coefficient (Wildman–Crippen LogP) is 1.73. The summed E-state index contributed by atoms with van der Waals surface area (Å²) in [4.78, 5) is 29.2. The number of thioether (sulfide) groups is 1. The topological polar surface area (TPSA) is 126 Å². The monoisotopic (exact) mass is 365 g/mol. The summed E-state index contributed by atoms with van der Waals surface area (Å²) >= 11 is 1.34. The third kappa shape index (κ3) is 2.93. The lowest BCUT2D eigenvalue weighted by molar-refractivity contribution is 0.726. The van der Waals surface area contributed by atoms with Crippen LogP contribution in [0.5, 0.6) is 0 Å². The zero-order chi connectivity index (χ0) is 18.3. The molecule has 2 aromatic heterocycles. The van der Waals surface area contributed by atoms with Crippen molar-refractivity contribution in [3.8, 4) is 0 Å². The molecule has 4 N–H and O–H groups in total. The second kappa shape index (κ2) is 6.26. The van der Waals surface area contributed by atoms with Crippen LogP contribution in [0.3, 0.4) is 0 Å². The lowest BCUT2D eigenvalue weighted by atomic mass is 10.1. The van der Waals surface area contributed by atoms with Gasteiger partial charge in [0, 0.05) is 7.05 Å². The number of hydrogen-bond donors (Lipinski definition) is 2. The van der Waals surface area contributed by atoms with E-state index in [1.165, 1.54) is 16.3 Å². The summed E-state index contributed by atoms with van der Waals surface area (Å²) in [5, 5.41) is 3.20. The molecule has 0 aliphatic heterocycles. The first-order valence-electron chi connectivity index (χ1n) is 7.79. The fourth-order valence-electron chi connectivity index (χ4n) is 2.72. The molecular formula is C17H15N7OS. The third-order valence-corrected chi connectivity index (χ3v) is 4.97. The number of nitrogen functional groups attached to an aromatic ring is 2. The van der Waals surface area contributed by atoms with Gasteiger partial charge < -0.3 is 11.5 Å². The van der Waals surface area contributed by atoms with Gasteiger partial charge in [0.25, 0.3) is 5.56 Å². The van der Waals surface area contributed by atoms with Gasteiger partial charge in [-0.15, -0.1) is 0 Å². The molecule has 4 rings (SSSR count). The van der Waals surface area contributed by atoms with Crippen LogP contribution in [0.4, 0.5) is 11.9 Å². The third-order valence-electron chi connectivity index (χ3n) is 3.95. The van der Waals surface area contributed by atoms with Gasteiger partial charge in [0.2, 0.25) is 11.9 Å². The molecule has 0 radical (unpaired) electrons. The van der Waals surface area contributed by atoms with Gasteiger partial charge in [-0.2, -0.15) is 15.0 Å². The number of hydrogen-bond acceptors (Lipinski definition) is 8. The summed E-state index contributed by atoms with van der Waals surface area (Å²) in [7, 11) is 1.70. The van der Waals surface area contributed by atoms with Crippen LogP contribution in [-0.4, -0.2) is 24.5 Å². The van der Waals surface area contributed by atoms with Gasteiger partial charge in [0.05, 0.1) is 16.7 Å². The molecule has 0 spiro atoms. The van der Waals surface area contributed by atoms with Crippen molar-refractivity contribution in [1.82, 2.24) is 24.5 Å². The highest BCUT2D eigenvalue weighted by Crippen LogP contribution is 2.23. The van der Waals surface area contributed by atoms with E-state index < -0.39 is 0 Å². The van der Waals surface area contributed by atoms with Gasteiger partial charge in [-0.05, 0) is 22.9 Å². The summed E-state index contributed by atoms with van der Waals surface area (Å²) < 4.78 is 1.52. The number of nitrogens with zero attached hydrogens (tertiary/aromatic N) is 5. The standard InChI is InChI=1S/C17H15N7OS/c1-24-14(25)11-6-9-4-2-3-5-10(9)7-12(11)20-17(24)26-8-13-21-15(18)23-16(19)22-13/h2-7H,8H2,1H3,(H4,18,19,21,22,23). The Kier molecular flexibility index (Phi) is 3.92.